The Bertz CT molecular complexity index is 951. The van der Waals surface area contributed by atoms with Crippen molar-refractivity contribution in [3.8, 4) is 0 Å². The number of nitrogens with zero attached hydrogens (tertiary/aromatic N) is 3. The van der Waals surface area contributed by atoms with Crippen molar-refractivity contribution >= 4 is 23.6 Å². The smallest absolute Gasteiger partial charge is 0.249 e. The second-order valence-electron chi connectivity index (χ2n) is 5.82. The van der Waals surface area contributed by atoms with Crippen molar-refractivity contribution in [1.82, 2.24) is 15.0 Å². The fourth-order valence-corrected chi connectivity index (χ4v) is 2.24. The van der Waals surface area contributed by atoms with Crippen molar-refractivity contribution in [3.63, 3.8) is 0 Å². The van der Waals surface area contributed by atoms with E-state index in [1.807, 2.05) is 31.2 Å². The molecule has 0 aliphatic rings. The van der Waals surface area contributed by atoms with Crippen molar-refractivity contribution in [2.24, 2.45) is 0 Å². The molecule has 0 fully saturated rings. The van der Waals surface area contributed by atoms with Gasteiger partial charge in [-0.05, 0) is 30.7 Å². The number of benzene rings is 1. The van der Waals surface area contributed by atoms with E-state index in [1.54, 1.807) is 18.2 Å². The number of nitrogens with one attached hydrogen (secondary N) is 1. The molecule has 2 aromatic heterocycles. The number of carbonyl (C=O) groups is 2. The van der Waals surface area contributed by atoms with Gasteiger partial charge in [-0.15, -0.1) is 5.10 Å². The molecule has 7 nitrogen and oxygen atoms in total. The average molecular weight is 350 g/mol. The third-order valence-electron chi connectivity index (χ3n) is 3.60. The molecular weight excluding hydrogens is 332 g/mol. The summed E-state index contributed by atoms with van der Waals surface area (Å²) in [5.41, 5.74) is 2.10. The SMILES string of the molecule is CC(=O)c1ccc(Cn2ncc(NC(=O)/C=C/c3ccc(C)cc3)n2)o1. The fourth-order valence-electron chi connectivity index (χ4n) is 2.24. The molecule has 7 heteroatoms. The van der Waals surface area contributed by atoms with Gasteiger partial charge < -0.3 is 9.73 Å². The third kappa shape index (κ3) is 4.54. The molecule has 0 saturated carbocycles. The van der Waals surface area contributed by atoms with Gasteiger partial charge in [0.1, 0.15) is 12.3 Å². The maximum Gasteiger partial charge on any atom is 0.249 e. The lowest BCUT2D eigenvalue weighted by Crippen LogP contribution is -2.09. The summed E-state index contributed by atoms with van der Waals surface area (Å²) in [5.74, 6) is 0.749. The van der Waals surface area contributed by atoms with Crippen LogP contribution >= 0.6 is 0 Å². The van der Waals surface area contributed by atoms with Crippen LogP contribution in [0.15, 0.2) is 53.1 Å². The van der Waals surface area contributed by atoms with Gasteiger partial charge in [0.2, 0.25) is 5.91 Å². The quantitative estimate of drug-likeness (QED) is 0.545. The fraction of sp³-hybridized carbons (Fsp3) is 0.158. The first-order valence-electron chi connectivity index (χ1n) is 8.05. The molecule has 3 rings (SSSR count). The van der Waals surface area contributed by atoms with Gasteiger partial charge >= 0.3 is 0 Å². The van der Waals surface area contributed by atoms with Crippen molar-refractivity contribution in [2.45, 2.75) is 20.4 Å². The largest absolute Gasteiger partial charge is 0.456 e. The Morgan fingerprint density at radius 3 is 2.65 bits per heavy atom. The number of carbonyl (C=O) groups excluding carboxylic acids is 2. The maximum atomic E-state index is 12.0. The summed E-state index contributed by atoms with van der Waals surface area (Å²) in [6, 6.07) is 11.1. The zero-order valence-electron chi connectivity index (χ0n) is 14.5. The number of rotatable bonds is 6. The number of hydrogen-bond donors (Lipinski definition) is 1. The molecule has 0 saturated heterocycles. The van der Waals surface area contributed by atoms with Crippen molar-refractivity contribution in [2.75, 3.05) is 5.32 Å². The highest BCUT2D eigenvalue weighted by Crippen LogP contribution is 2.10. The van der Waals surface area contributed by atoms with E-state index in [-0.39, 0.29) is 18.2 Å². The van der Waals surface area contributed by atoms with E-state index in [4.69, 9.17) is 4.42 Å². The molecule has 1 aromatic carbocycles. The van der Waals surface area contributed by atoms with Gasteiger partial charge in [-0.2, -0.15) is 9.90 Å². The highest BCUT2D eigenvalue weighted by molar-refractivity contribution is 6.01. The van der Waals surface area contributed by atoms with Gasteiger partial charge in [-0.1, -0.05) is 29.8 Å². The van der Waals surface area contributed by atoms with E-state index < -0.39 is 0 Å². The second-order valence-corrected chi connectivity index (χ2v) is 5.82. The predicted octanol–water partition coefficient (Wildman–Crippen LogP) is 3.08. The van der Waals surface area contributed by atoms with Crippen LogP contribution in [0.4, 0.5) is 5.82 Å². The van der Waals surface area contributed by atoms with Crippen LogP contribution in [0, 0.1) is 6.92 Å². The number of hydrogen-bond acceptors (Lipinski definition) is 5. The summed E-state index contributed by atoms with van der Waals surface area (Å²) in [4.78, 5) is 24.6. The van der Waals surface area contributed by atoms with Gasteiger partial charge in [0.25, 0.3) is 0 Å². The molecular formula is C19H18N4O3. The number of aromatic nitrogens is 3. The Labute approximate surface area is 150 Å². The number of ketones is 1. The molecule has 0 spiro atoms. The van der Waals surface area contributed by atoms with E-state index >= 15 is 0 Å². The van der Waals surface area contributed by atoms with Crippen LogP contribution in [0.2, 0.25) is 0 Å². The number of amides is 1. The van der Waals surface area contributed by atoms with Crippen LogP contribution in [0.1, 0.15) is 34.4 Å². The highest BCUT2D eigenvalue weighted by atomic mass is 16.3. The molecule has 2 heterocycles. The molecule has 0 atom stereocenters. The zero-order chi connectivity index (χ0) is 18.5. The van der Waals surface area contributed by atoms with Gasteiger partial charge in [0.15, 0.2) is 17.4 Å². The third-order valence-corrected chi connectivity index (χ3v) is 3.60. The Morgan fingerprint density at radius 1 is 1.19 bits per heavy atom. The lowest BCUT2D eigenvalue weighted by molar-refractivity contribution is -0.111. The minimum atomic E-state index is -0.297. The lowest BCUT2D eigenvalue weighted by Gasteiger charge is -1.98. The van der Waals surface area contributed by atoms with Crippen LogP contribution < -0.4 is 5.32 Å². The van der Waals surface area contributed by atoms with E-state index in [0.717, 1.165) is 11.1 Å². The molecule has 0 radical (unpaired) electrons. The summed E-state index contributed by atoms with van der Waals surface area (Å²) < 4.78 is 5.39. The summed E-state index contributed by atoms with van der Waals surface area (Å²) in [6.07, 6.45) is 4.62. The summed E-state index contributed by atoms with van der Waals surface area (Å²) in [7, 11) is 0. The van der Waals surface area contributed by atoms with Gasteiger partial charge in [-0.3, -0.25) is 9.59 Å². The molecule has 1 amide bonds. The average Bonchev–Trinajstić information content (AvgIpc) is 3.24. The van der Waals surface area contributed by atoms with Gasteiger partial charge in [0, 0.05) is 13.0 Å². The van der Waals surface area contributed by atoms with Crippen LogP contribution in [-0.2, 0) is 11.3 Å². The van der Waals surface area contributed by atoms with Crippen LogP contribution in [0.5, 0.6) is 0 Å². The summed E-state index contributed by atoms with van der Waals surface area (Å²) in [6.45, 7) is 3.71. The first-order valence-corrected chi connectivity index (χ1v) is 8.05. The first-order chi connectivity index (χ1) is 12.5. The summed E-state index contributed by atoms with van der Waals surface area (Å²) >= 11 is 0. The molecule has 26 heavy (non-hydrogen) atoms. The maximum absolute atomic E-state index is 12.0. The van der Waals surface area contributed by atoms with Crippen molar-refractivity contribution < 1.29 is 14.0 Å². The van der Waals surface area contributed by atoms with E-state index in [0.29, 0.717) is 17.3 Å². The van der Waals surface area contributed by atoms with Crippen molar-refractivity contribution in [1.29, 1.82) is 0 Å². The van der Waals surface area contributed by atoms with E-state index in [1.165, 1.54) is 24.0 Å². The predicted molar refractivity (Wildman–Crippen MR) is 96.7 cm³/mol. The Balaban J connectivity index is 1.57. The molecule has 132 valence electrons. The molecule has 0 aliphatic heterocycles. The molecule has 0 bridgehead atoms. The molecule has 0 aliphatic carbocycles. The minimum Gasteiger partial charge on any atom is -0.456 e. The number of furan rings is 1. The van der Waals surface area contributed by atoms with E-state index in [9.17, 15) is 9.59 Å². The van der Waals surface area contributed by atoms with E-state index in [2.05, 4.69) is 15.5 Å². The zero-order valence-corrected chi connectivity index (χ0v) is 14.5. The number of anilines is 1. The Hall–Kier alpha value is -3.48. The topological polar surface area (TPSA) is 90.0 Å². The second kappa shape index (κ2) is 7.60. The normalized spacial score (nSPS) is 11.0. The van der Waals surface area contributed by atoms with Gasteiger partial charge in [0.05, 0.1) is 6.20 Å². The standard InChI is InChI=1S/C19H18N4O3/c1-13-3-5-15(6-4-13)7-10-19(25)21-18-11-20-23(22-18)12-16-8-9-17(26-16)14(2)24/h3-11H,12H2,1-2H3,(H,21,22,25)/b10-7+. The first kappa shape index (κ1) is 17.3. The highest BCUT2D eigenvalue weighted by Gasteiger charge is 2.09. The summed E-state index contributed by atoms with van der Waals surface area (Å²) in [5, 5.41) is 10.9. The number of aryl methyl sites for hydroxylation is 1. The van der Waals surface area contributed by atoms with Crippen LogP contribution in [0.3, 0.4) is 0 Å². The monoisotopic (exact) mass is 350 g/mol. The molecule has 1 N–H and O–H groups in total. The number of Topliss-reactive ketones (excluding diaryl/α,β-unsaturated/α-hetero) is 1. The van der Waals surface area contributed by atoms with Crippen molar-refractivity contribution in [3.05, 3.63) is 71.3 Å². The molecule has 0 unspecified atom stereocenters. The van der Waals surface area contributed by atoms with Gasteiger partial charge in [-0.25, -0.2) is 0 Å². The molecule has 3 aromatic rings. The Morgan fingerprint density at radius 2 is 1.96 bits per heavy atom. The minimum absolute atomic E-state index is 0.141. The Kier molecular flexibility index (Phi) is 5.07. The van der Waals surface area contributed by atoms with Crippen LogP contribution in [0.25, 0.3) is 6.08 Å². The van der Waals surface area contributed by atoms with Crippen LogP contribution in [-0.4, -0.2) is 26.7 Å². The lowest BCUT2D eigenvalue weighted by atomic mass is 10.1.